The number of ether oxygens (including phenoxy) is 2. The van der Waals surface area contributed by atoms with Gasteiger partial charge in [-0.1, -0.05) is 6.07 Å². The Bertz CT molecular complexity index is 1020. The molecule has 0 saturated heterocycles. The Labute approximate surface area is 169 Å². The van der Waals surface area contributed by atoms with Crippen molar-refractivity contribution in [3.05, 3.63) is 47.5 Å². The summed E-state index contributed by atoms with van der Waals surface area (Å²) >= 11 is 0. The minimum Gasteiger partial charge on any atom is -0.504 e. The number of phenolic OH excluding ortho intramolecular Hbond substituents is 1. The van der Waals surface area contributed by atoms with Gasteiger partial charge >= 0.3 is 0 Å². The number of amides is 1. The first-order valence-corrected chi connectivity index (χ1v) is 9.93. The van der Waals surface area contributed by atoms with E-state index in [1.54, 1.807) is 25.1 Å². The van der Waals surface area contributed by atoms with E-state index < -0.39 is 22.5 Å². The van der Waals surface area contributed by atoms with Crippen LogP contribution in [0.15, 0.2) is 46.4 Å². The molecule has 2 aromatic rings. The molecule has 0 aliphatic rings. The molecule has 0 atom stereocenters. The molecule has 9 nitrogen and oxygen atoms in total. The number of carbonyl (C=O) groups excluding carboxylic acids is 1. The zero-order valence-corrected chi connectivity index (χ0v) is 17.4. The molecule has 0 aliphatic carbocycles. The first-order chi connectivity index (χ1) is 13.7. The van der Waals surface area contributed by atoms with Gasteiger partial charge in [0.15, 0.2) is 11.5 Å². The summed E-state index contributed by atoms with van der Waals surface area (Å²) in [4.78, 5) is 12.1. The second-order valence-corrected chi connectivity index (χ2v) is 8.15. The van der Waals surface area contributed by atoms with Crippen molar-refractivity contribution in [2.24, 2.45) is 5.10 Å². The van der Waals surface area contributed by atoms with E-state index in [4.69, 9.17) is 9.47 Å². The minimum absolute atomic E-state index is 0.0185. The van der Waals surface area contributed by atoms with Crippen molar-refractivity contribution in [2.45, 2.75) is 11.8 Å². The highest BCUT2D eigenvalue weighted by molar-refractivity contribution is 7.89. The van der Waals surface area contributed by atoms with Gasteiger partial charge in [-0.3, -0.25) is 4.79 Å². The number of nitrogens with one attached hydrogen (secondary N) is 1. The summed E-state index contributed by atoms with van der Waals surface area (Å²) in [6.45, 7) is 1.33. The van der Waals surface area contributed by atoms with Gasteiger partial charge in [-0.25, -0.2) is 13.8 Å². The second-order valence-electron chi connectivity index (χ2n) is 6.14. The Hall–Kier alpha value is -3.11. The lowest BCUT2D eigenvalue weighted by atomic mass is 10.2. The molecule has 0 bridgehead atoms. The predicted molar refractivity (Wildman–Crippen MR) is 108 cm³/mol. The van der Waals surface area contributed by atoms with Gasteiger partial charge in [-0.2, -0.15) is 9.41 Å². The Balaban J connectivity index is 2.06. The van der Waals surface area contributed by atoms with Gasteiger partial charge in [0, 0.05) is 7.05 Å². The van der Waals surface area contributed by atoms with Crippen LogP contribution in [0.1, 0.15) is 11.1 Å². The van der Waals surface area contributed by atoms with Crippen LogP contribution < -0.4 is 14.9 Å². The fourth-order valence-corrected chi connectivity index (χ4v) is 3.79. The topological polar surface area (TPSA) is 118 Å². The highest BCUT2D eigenvalue weighted by Crippen LogP contribution is 2.27. The lowest BCUT2D eigenvalue weighted by molar-refractivity contribution is -0.121. The van der Waals surface area contributed by atoms with E-state index in [0.29, 0.717) is 5.56 Å². The van der Waals surface area contributed by atoms with Crippen LogP contribution >= 0.6 is 0 Å². The number of likely N-dealkylation sites (N-methyl/N-ethyl adjacent to an activating group) is 1. The molecule has 2 N–H and O–H groups in total. The number of benzene rings is 2. The molecule has 1 amide bonds. The van der Waals surface area contributed by atoms with Gasteiger partial charge in [0.05, 0.1) is 27.0 Å². The Morgan fingerprint density at radius 2 is 1.86 bits per heavy atom. The van der Waals surface area contributed by atoms with Gasteiger partial charge in [0.25, 0.3) is 5.91 Å². The van der Waals surface area contributed by atoms with Gasteiger partial charge < -0.3 is 14.6 Å². The zero-order chi connectivity index (χ0) is 21.6. The maximum atomic E-state index is 12.8. The largest absolute Gasteiger partial charge is 0.504 e. The second kappa shape index (κ2) is 9.39. The van der Waals surface area contributed by atoms with E-state index >= 15 is 0 Å². The number of hydrogen-bond donors (Lipinski definition) is 2. The number of carbonyl (C=O) groups is 1. The molecule has 0 unspecified atom stereocenters. The van der Waals surface area contributed by atoms with Crippen LogP contribution in [0.4, 0.5) is 0 Å². The normalized spacial score (nSPS) is 11.6. The Kier molecular flexibility index (Phi) is 7.18. The predicted octanol–water partition coefficient (Wildman–Crippen LogP) is 1.49. The van der Waals surface area contributed by atoms with Crippen molar-refractivity contribution in [2.75, 3.05) is 27.8 Å². The summed E-state index contributed by atoms with van der Waals surface area (Å²) in [5.74, 6) is -0.183. The molecular weight excluding hydrogens is 398 g/mol. The zero-order valence-electron chi connectivity index (χ0n) is 16.5. The van der Waals surface area contributed by atoms with Crippen LogP contribution in [0, 0.1) is 6.92 Å². The molecule has 2 rings (SSSR count). The fourth-order valence-electron chi connectivity index (χ4n) is 2.43. The van der Waals surface area contributed by atoms with Gasteiger partial charge in [-0.05, 0) is 48.4 Å². The average Bonchev–Trinajstić information content (AvgIpc) is 2.69. The maximum absolute atomic E-state index is 12.8. The van der Waals surface area contributed by atoms with Crippen LogP contribution in [0.2, 0.25) is 0 Å². The Morgan fingerprint density at radius 3 is 2.52 bits per heavy atom. The highest BCUT2D eigenvalue weighted by Gasteiger charge is 2.26. The number of phenols is 1. The summed E-state index contributed by atoms with van der Waals surface area (Å²) in [5, 5.41) is 13.4. The molecule has 0 aromatic heterocycles. The summed E-state index contributed by atoms with van der Waals surface area (Å²) in [6, 6.07) is 9.32. The van der Waals surface area contributed by atoms with E-state index in [2.05, 4.69) is 10.5 Å². The summed E-state index contributed by atoms with van der Waals surface area (Å²) in [5.41, 5.74) is 3.59. The highest BCUT2D eigenvalue weighted by atomic mass is 32.2. The van der Waals surface area contributed by atoms with Crippen molar-refractivity contribution >= 4 is 22.1 Å². The number of aromatic hydroxyl groups is 1. The van der Waals surface area contributed by atoms with Crippen molar-refractivity contribution in [3.8, 4) is 17.2 Å². The van der Waals surface area contributed by atoms with E-state index in [-0.39, 0.29) is 22.1 Å². The molecule has 0 radical (unpaired) electrons. The number of aryl methyl sites for hydroxylation is 1. The molecule has 0 fully saturated rings. The molecule has 0 heterocycles. The fraction of sp³-hybridized carbons (Fsp3) is 0.263. The molecular formula is C19H23N3O6S. The number of rotatable bonds is 8. The van der Waals surface area contributed by atoms with Gasteiger partial charge in [0.2, 0.25) is 10.0 Å². The summed E-state index contributed by atoms with van der Waals surface area (Å²) < 4.78 is 36.6. The molecule has 0 saturated carbocycles. The number of sulfonamides is 1. The number of nitrogens with zero attached hydrogens (tertiary/aromatic N) is 2. The van der Waals surface area contributed by atoms with Crippen LogP contribution in [0.3, 0.4) is 0 Å². The number of methoxy groups -OCH3 is 2. The third-order valence-electron chi connectivity index (χ3n) is 3.98. The van der Waals surface area contributed by atoms with Crippen LogP contribution in [0.5, 0.6) is 17.2 Å². The maximum Gasteiger partial charge on any atom is 0.255 e. The number of hydrazone groups is 1. The monoisotopic (exact) mass is 421 g/mol. The van der Waals surface area contributed by atoms with Crippen LogP contribution in [0.25, 0.3) is 0 Å². The minimum atomic E-state index is -3.94. The molecule has 2 aromatic carbocycles. The standard InChI is InChI=1S/C19H23N3O6S/c1-13-5-8-16(27-3)18(9-13)29(25,26)22(2)12-19(24)21-20-11-14-6-7-15(23)17(10-14)28-4/h5-11,23H,12H2,1-4H3,(H,21,24). The molecule has 29 heavy (non-hydrogen) atoms. The van der Waals surface area contributed by atoms with E-state index in [1.165, 1.54) is 45.7 Å². The quantitative estimate of drug-likeness (QED) is 0.493. The van der Waals surface area contributed by atoms with Crippen LogP contribution in [-0.2, 0) is 14.8 Å². The van der Waals surface area contributed by atoms with Crippen LogP contribution in [-0.4, -0.2) is 57.8 Å². The van der Waals surface area contributed by atoms with E-state index in [9.17, 15) is 18.3 Å². The molecule has 10 heteroatoms. The lowest BCUT2D eigenvalue weighted by Crippen LogP contribution is -2.36. The lowest BCUT2D eigenvalue weighted by Gasteiger charge is -2.18. The number of hydrogen-bond acceptors (Lipinski definition) is 7. The van der Waals surface area contributed by atoms with E-state index in [1.807, 2.05) is 0 Å². The van der Waals surface area contributed by atoms with Crippen molar-refractivity contribution in [1.29, 1.82) is 0 Å². The molecule has 156 valence electrons. The van der Waals surface area contributed by atoms with Crippen molar-refractivity contribution in [1.82, 2.24) is 9.73 Å². The van der Waals surface area contributed by atoms with Gasteiger partial charge in [-0.15, -0.1) is 0 Å². The van der Waals surface area contributed by atoms with Gasteiger partial charge in [0.1, 0.15) is 10.6 Å². The third-order valence-corrected chi connectivity index (χ3v) is 5.80. The summed E-state index contributed by atoms with van der Waals surface area (Å²) in [6.07, 6.45) is 1.35. The summed E-state index contributed by atoms with van der Waals surface area (Å²) in [7, 11) is 0.150. The third kappa shape index (κ3) is 5.46. The van der Waals surface area contributed by atoms with E-state index in [0.717, 1.165) is 9.87 Å². The SMILES string of the molecule is COc1cc(C=NNC(=O)CN(C)S(=O)(=O)c2cc(C)ccc2OC)ccc1O. The van der Waals surface area contributed by atoms with Crippen molar-refractivity contribution in [3.63, 3.8) is 0 Å². The molecule has 0 spiro atoms. The molecule has 0 aliphatic heterocycles. The first kappa shape index (κ1) is 22.2. The average molecular weight is 421 g/mol. The first-order valence-electron chi connectivity index (χ1n) is 8.49. The Morgan fingerprint density at radius 1 is 1.17 bits per heavy atom. The van der Waals surface area contributed by atoms with Crippen molar-refractivity contribution < 1.29 is 27.8 Å². The smallest absolute Gasteiger partial charge is 0.255 e.